The van der Waals surface area contributed by atoms with Crippen LogP contribution in [-0.2, 0) is 0 Å². The third-order valence-electron chi connectivity index (χ3n) is 4.92. The summed E-state index contributed by atoms with van der Waals surface area (Å²) in [7, 11) is 0. The molecule has 2 rings (SSSR count). The number of hydrogen-bond donors (Lipinski definition) is 2. The second-order valence-corrected chi connectivity index (χ2v) is 6.98. The molecule has 2 nitrogen and oxygen atoms in total. The Balaban J connectivity index is 1.71. The van der Waals surface area contributed by atoms with Crippen molar-refractivity contribution in [3.8, 4) is 0 Å². The van der Waals surface area contributed by atoms with Crippen molar-refractivity contribution in [3.63, 3.8) is 0 Å². The van der Waals surface area contributed by atoms with Crippen LogP contribution in [0.4, 0.5) is 0 Å². The van der Waals surface area contributed by atoms with E-state index in [9.17, 15) is 0 Å². The van der Waals surface area contributed by atoms with Crippen molar-refractivity contribution in [2.75, 3.05) is 19.6 Å². The van der Waals surface area contributed by atoms with Crippen LogP contribution in [0, 0.1) is 10.8 Å². The molecule has 0 radical (unpaired) electrons. The first kappa shape index (κ1) is 13.4. The lowest BCUT2D eigenvalue weighted by Crippen LogP contribution is -2.52. The third kappa shape index (κ3) is 3.45. The SMILES string of the molecule is CCCC1(CNCC2NCCCC2(C)C)CC1. The van der Waals surface area contributed by atoms with Crippen molar-refractivity contribution in [1.82, 2.24) is 10.6 Å². The Kier molecular flexibility index (Phi) is 4.14. The molecule has 2 fully saturated rings. The van der Waals surface area contributed by atoms with Crippen LogP contribution in [0.2, 0.25) is 0 Å². The molecule has 0 aromatic rings. The van der Waals surface area contributed by atoms with Crippen molar-refractivity contribution in [1.29, 1.82) is 0 Å². The number of hydrogen-bond acceptors (Lipinski definition) is 2. The second-order valence-electron chi connectivity index (χ2n) is 6.98. The molecule has 1 aliphatic heterocycles. The molecule has 0 aromatic carbocycles. The zero-order valence-electron chi connectivity index (χ0n) is 11.9. The molecule has 2 aliphatic rings. The van der Waals surface area contributed by atoms with Crippen LogP contribution < -0.4 is 10.6 Å². The summed E-state index contributed by atoms with van der Waals surface area (Å²) in [5.41, 5.74) is 1.15. The van der Waals surface area contributed by atoms with Crippen LogP contribution >= 0.6 is 0 Å². The first-order valence-corrected chi connectivity index (χ1v) is 7.52. The minimum atomic E-state index is 0.465. The van der Waals surface area contributed by atoms with Gasteiger partial charge < -0.3 is 10.6 Å². The summed E-state index contributed by atoms with van der Waals surface area (Å²) in [5, 5.41) is 7.42. The van der Waals surface area contributed by atoms with E-state index in [2.05, 4.69) is 31.4 Å². The summed E-state index contributed by atoms with van der Waals surface area (Å²) in [4.78, 5) is 0. The zero-order valence-corrected chi connectivity index (χ0v) is 11.9. The van der Waals surface area contributed by atoms with Gasteiger partial charge in [-0.1, -0.05) is 27.2 Å². The van der Waals surface area contributed by atoms with Gasteiger partial charge >= 0.3 is 0 Å². The molecule has 1 atom stereocenters. The first-order chi connectivity index (χ1) is 8.08. The Hall–Kier alpha value is -0.0800. The van der Waals surface area contributed by atoms with E-state index >= 15 is 0 Å². The molecule has 1 saturated heterocycles. The fourth-order valence-electron chi connectivity index (χ4n) is 3.32. The molecule has 100 valence electrons. The zero-order chi connectivity index (χ0) is 12.4. The maximum Gasteiger partial charge on any atom is 0.0243 e. The van der Waals surface area contributed by atoms with Gasteiger partial charge in [-0.2, -0.15) is 0 Å². The molecule has 2 heteroatoms. The standard InChI is InChI=1S/C15H30N2/c1-4-6-15(8-9-15)12-16-11-13-14(2,3)7-5-10-17-13/h13,16-17H,4-12H2,1-3H3. The molecule has 17 heavy (non-hydrogen) atoms. The van der Waals surface area contributed by atoms with Gasteiger partial charge in [0.25, 0.3) is 0 Å². The van der Waals surface area contributed by atoms with Gasteiger partial charge in [-0.25, -0.2) is 0 Å². The maximum absolute atomic E-state index is 3.74. The summed E-state index contributed by atoms with van der Waals surface area (Å²) in [6.07, 6.45) is 8.37. The third-order valence-corrected chi connectivity index (χ3v) is 4.92. The highest BCUT2D eigenvalue weighted by Gasteiger charge is 2.41. The van der Waals surface area contributed by atoms with Gasteiger partial charge in [-0.15, -0.1) is 0 Å². The first-order valence-electron chi connectivity index (χ1n) is 7.52. The van der Waals surface area contributed by atoms with Gasteiger partial charge in [0.2, 0.25) is 0 Å². The Bertz CT molecular complexity index is 243. The van der Waals surface area contributed by atoms with Gasteiger partial charge in [0.15, 0.2) is 0 Å². The van der Waals surface area contributed by atoms with Crippen LogP contribution in [0.5, 0.6) is 0 Å². The van der Waals surface area contributed by atoms with Crippen molar-refractivity contribution in [2.24, 2.45) is 10.8 Å². The Morgan fingerprint density at radius 2 is 2.00 bits per heavy atom. The minimum Gasteiger partial charge on any atom is -0.315 e. The fraction of sp³-hybridized carbons (Fsp3) is 1.00. The Morgan fingerprint density at radius 3 is 2.59 bits per heavy atom. The van der Waals surface area contributed by atoms with Crippen LogP contribution in [-0.4, -0.2) is 25.7 Å². The highest BCUT2D eigenvalue weighted by atomic mass is 15.0. The molecular weight excluding hydrogens is 208 g/mol. The summed E-state index contributed by atoms with van der Waals surface area (Å²) in [6.45, 7) is 10.7. The largest absolute Gasteiger partial charge is 0.315 e. The predicted molar refractivity (Wildman–Crippen MR) is 74.3 cm³/mol. The van der Waals surface area contributed by atoms with E-state index in [1.807, 2.05) is 0 Å². The van der Waals surface area contributed by atoms with E-state index < -0.39 is 0 Å². The molecule has 0 amide bonds. The lowest BCUT2D eigenvalue weighted by atomic mass is 9.77. The maximum atomic E-state index is 3.74. The topological polar surface area (TPSA) is 24.1 Å². The van der Waals surface area contributed by atoms with Crippen molar-refractivity contribution >= 4 is 0 Å². The molecular formula is C15H30N2. The second kappa shape index (κ2) is 5.27. The van der Waals surface area contributed by atoms with Gasteiger partial charge in [0.05, 0.1) is 0 Å². The number of nitrogens with one attached hydrogen (secondary N) is 2. The van der Waals surface area contributed by atoms with E-state index in [1.165, 1.54) is 51.6 Å². The highest BCUT2D eigenvalue weighted by Crippen LogP contribution is 2.48. The van der Waals surface area contributed by atoms with Crippen LogP contribution in [0.15, 0.2) is 0 Å². The molecule has 1 unspecified atom stereocenters. The number of piperidine rings is 1. The van der Waals surface area contributed by atoms with Gasteiger partial charge in [-0.05, 0) is 49.5 Å². The van der Waals surface area contributed by atoms with E-state index in [4.69, 9.17) is 0 Å². The van der Waals surface area contributed by atoms with Crippen molar-refractivity contribution in [3.05, 3.63) is 0 Å². The quantitative estimate of drug-likeness (QED) is 0.743. The van der Waals surface area contributed by atoms with Crippen LogP contribution in [0.3, 0.4) is 0 Å². The smallest absolute Gasteiger partial charge is 0.0243 e. The van der Waals surface area contributed by atoms with Crippen molar-refractivity contribution < 1.29 is 0 Å². The highest BCUT2D eigenvalue weighted by molar-refractivity contribution is 4.96. The summed E-state index contributed by atoms with van der Waals surface area (Å²) in [6, 6.07) is 0.661. The summed E-state index contributed by atoms with van der Waals surface area (Å²) >= 11 is 0. The fourth-order valence-corrected chi connectivity index (χ4v) is 3.32. The molecule has 0 aromatic heterocycles. The lowest BCUT2D eigenvalue weighted by Gasteiger charge is -2.40. The molecule has 0 bridgehead atoms. The van der Waals surface area contributed by atoms with E-state index in [0.29, 0.717) is 16.9 Å². The van der Waals surface area contributed by atoms with E-state index in [0.717, 1.165) is 6.54 Å². The molecule has 0 spiro atoms. The number of rotatable bonds is 6. The van der Waals surface area contributed by atoms with Crippen LogP contribution in [0.25, 0.3) is 0 Å². The van der Waals surface area contributed by atoms with Gasteiger partial charge in [-0.3, -0.25) is 0 Å². The predicted octanol–water partition coefficient (Wildman–Crippen LogP) is 2.93. The van der Waals surface area contributed by atoms with E-state index in [1.54, 1.807) is 0 Å². The lowest BCUT2D eigenvalue weighted by molar-refractivity contribution is 0.174. The average molecular weight is 238 g/mol. The minimum absolute atomic E-state index is 0.465. The normalized spacial score (nSPS) is 30.2. The molecule has 2 N–H and O–H groups in total. The van der Waals surface area contributed by atoms with Gasteiger partial charge in [0.1, 0.15) is 0 Å². The molecule has 1 heterocycles. The van der Waals surface area contributed by atoms with Crippen LogP contribution in [0.1, 0.15) is 59.3 Å². The monoisotopic (exact) mass is 238 g/mol. The van der Waals surface area contributed by atoms with Crippen molar-refractivity contribution in [2.45, 2.75) is 65.3 Å². The average Bonchev–Trinajstić information content (AvgIpc) is 3.01. The Morgan fingerprint density at radius 1 is 1.24 bits per heavy atom. The molecule has 1 saturated carbocycles. The summed E-state index contributed by atoms with van der Waals surface area (Å²) in [5.74, 6) is 0. The molecule has 1 aliphatic carbocycles. The van der Waals surface area contributed by atoms with E-state index in [-0.39, 0.29) is 0 Å². The summed E-state index contributed by atoms with van der Waals surface area (Å²) < 4.78 is 0. The Labute approximate surface area is 107 Å². The van der Waals surface area contributed by atoms with Gasteiger partial charge in [0, 0.05) is 19.1 Å².